The van der Waals surface area contributed by atoms with Crippen LogP contribution in [0.25, 0.3) is 27.6 Å². The van der Waals surface area contributed by atoms with Gasteiger partial charge in [-0.1, -0.05) is 48.4 Å². The number of halogens is 2. The lowest BCUT2D eigenvalue weighted by molar-refractivity contribution is 0.00830. The molecule has 2 aliphatic rings. The molecule has 1 fully saturated rings. The SMILES string of the molecule is CSN1CC=C(c2cc3c(-c4cccc(N(C(=O)c5ccc(C(F)F)cc5)C5COC5)c4C)ccc(C(N)=O)c3[nH]2)CC1. The van der Waals surface area contributed by atoms with Gasteiger partial charge in [0.15, 0.2) is 0 Å². The molecule has 43 heavy (non-hydrogen) atoms. The van der Waals surface area contributed by atoms with Crippen molar-refractivity contribution in [3.63, 3.8) is 0 Å². The topological polar surface area (TPSA) is 91.7 Å². The van der Waals surface area contributed by atoms with E-state index in [1.165, 1.54) is 29.8 Å². The van der Waals surface area contributed by atoms with E-state index in [-0.39, 0.29) is 17.5 Å². The number of nitrogens with one attached hydrogen (secondary N) is 1. The first-order valence-electron chi connectivity index (χ1n) is 14.1. The van der Waals surface area contributed by atoms with Crippen molar-refractivity contribution in [2.45, 2.75) is 25.8 Å². The Bertz CT molecular complexity index is 1730. The van der Waals surface area contributed by atoms with Crippen molar-refractivity contribution in [3.8, 4) is 11.1 Å². The highest BCUT2D eigenvalue weighted by Crippen LogP contribution is 2.39. The van der Waals surface area contributed by atoms with E-state index in [9.17, 15) is 18.4 Å². The fraction of sp³-hybridized carbons (Fsp3) is 0.273. The van der Waals surface area contributed by atoms with Crippen molar-refractivity contribution in [2.24, 2.45) is 5.73 Å². The summed E-state index contributed by atoms with van der Waals surface area (Å²) in [5, 5.41) is 0.868. The highest BCUT2D eigenvalue weighted by Gasteiger charge is 2.33. The maximum absolute atomic E-state index is 13.8. The molecule has 10 heteroatoms. The zero-order valence-electron chi connectivity index (χ0n) is 23.9. The summed E-state index contributed by atoms with van der Waals surface area (Å²) in [7, 11) is 0. The summed E-state index contributed by atoms with van der Waals surface area (Å²) in [6, 6.07) is 16.8. The smallest absolute Gasteiger partial charge is 0.263 e. The minimum atomic E-state index is -2.61. The molecule has 1 saturated heterocycles. The van der Waals surface area contributed by atoms with Gasteiger partial charge < -0.3 is 20.4 Å². The molecule has 0 radical (unpaired) electrons. The maximum Gasteiger partial charge on any atom is 0.263 e. The number of amides is 2. The number of aromatic nitrogens is 1. The summed E-state index contributed by atoms with van der Waals surface area (Å²) in [4.78, 5) is 31.4. The largest absolute Gasteiger partial charge is 0.377 e. The molecule has 3 aromatic carbocycles. The molecule has 0 bridgehead atoms. The van der Waals surface area contributed by atoms with Gasteiger partial charge in [-0.15, -0.1) is 0 Å². The zero-order chi connectivity index (χ0) is 30.2. The minimum absolute atomic E-state index is 0.131. The summed E-state index contributed by atoms with van der Waals surface area (Å²) in [5.41, 5.74) is 12.6. The highest BCUT2D eigenvalue weighted by atomic mass is 32.2. The van der Waals surface area contributed by atoms with Crippen molar-refractivity contribution in [3.05, 3.63) is 94.7 Å². The molecule has 3 heterocycles. The summed E-state index contributed by atoms with van der Waals surface area (Å²) in [6.45, 7) is 4.49. The Morgan fingerprint density at radius 1 is 1.09 bits per heavy atom. The second-order valence-electron chi connectivity index (χ2n) is 10.8. The standard InChI is InChI=1S/C33H32F2N4O3S/c1-19-24(4-3-5-29(19)39(23-17-42-18-23)33(41)22-8-6-21(7-9-22)31(34)35)25-10-11-26(32(36)40)30-27(25)16-28(37-30)20-12-14-38(43-2)15-13-20/h3-12,16,23,31,37H,13-15,17-18H2,1-2H3,(H2,36,40). The van der Waals surface area contributed by atoms with Gasteiger partial charge in [-0.3, -0.25) is 9.59 Å². The number of primary amides is 1. The van der Waals surface area contributed by atoms with Gasteiger partial charge in [0.1, 0.15) is 0 Å². The predicted octanol–water partition coefficient (Wildman–Crippen LogP) is 6.59. The van der Waals surface area contributed by atoms with Gasteiger partial charge >= 0.3 is 0 Å². The van der Waals surface area contributed by atoms with E-state index in [1.807, 2.05) is 31.2 Å². The Morgan fingerprint density at radius 2 is 1.86 bits per heavy atom. The molecule has 222 valence electrons. The normalized spacial score (nSPS) is 15.9. The van der Waals surface area contributed by atoms with Crippen LogP contribution in [0.1, 0.15) is 50.4 Å². The number of hydrogen-bond donors (Lipinski definition) is 2. The van der Waals surface area contributed by atoms with Crippen LogP contribution >= 0.6 is 11.9 Å². The van der Waals surface area contributed by atoms with Crippen LogP contribution in [-0.4, -0.2) is 59.7 Å². The van der Waals surface area contributed by atoms with Crippen LogP contribution in [0, 0.1) is 6.92 Å². The number of benzene rings is 3. The van der Waals surface area contributed by atoms with E-state index in [0.29, 0.717) is 35.5 Å². The van der Waals surface area contributed by atoms with Gasteiger partial charge in [0.05, 0.1) is 30.3 Å². The van der Waals surface area contributed by atoms with Crippen molar-refractivity contribution in [1.29, 1.82) is 0 Å². The summed E-state index contributed by atoms with van der Waals surface area (Å²) in [5.74, 6) is -0.794. The van der Waals surface area contributed by atoms with Gasteiger partial charge in [-0.05, 0) is 72.2 Å². The monoisotopic (exact) mass is 602 g/mol. The molecule has 1 aromatic heterocycles. The first kappa shape index (κ1) is 29.1. The Hall–Kier alpha value is -3.99. The van der Waals surface area contributed by atoms with Gasteiger partial charge in [0.2, 0.25) is 0 Å². The second-order valence-corrected chi connectivity index (χ2v) is 11.7. The molecule has 0 aliphatic carbocycles. The van der Waals surface area contributed by atoms with Crippen molar-refractivity contribution < 1.29 is 23.1 Å². The third-order valence-corrected chi connectivity index (χ3v) is 9.15. The number of alkyl halides is 2. The first-order valence-corrected chi connectivity index (χ1v) is 15.3. The quantitative estimate of drug-likeness (QED) is 0.222. The Balaban J connectivity index is 1.44. The molecule has 0 atom stereocenters. The number of H-pyrrole nitrogens is 1. The number of aromatic amines is 1. The number of anilines is 1. The van der Waals surface area contributed by atoms with Crippen LogP contribution in [0.4, 0.5) is 14.5 Å². The third kappa shape index (κ3) is 5.46. The number of carbonyl (C=O) groups is 2. The van der Waals surface area contributed by atoms with E-state index in [1.54, 1.807) is 22.9 Å². The number of ether oxygens (including phenoxy) is 1. The molecule has 4 aromatic rings. The number of carbonyl (C=O) groups excluding carboxylic acids is 2. The van der Waals surface area contributed by atoms with Crippen molar-refractivity contribution in [1.82, 2.24) is 9.29 Å². The maximum atomic E-state index is 13.8. The van der Waals surface area contributed by atoms with Gasteiger partial charge in [-0.2, -0.15) is 0 Å². The number of rotatable bonds is 8. The molecular weight excluding hydrogens is 570 g/mol. The Morgan fingerprint density at radius 3 is 2.47 bits per heavy atom. The summed E-state index contributed by atoms with van der Waals surface area (Å²) < 4.78 is 34.0. The fourth-order valence-electron chi connectivity index (χ4n) is 5.82. The molecular formula is C33H32F2N4O3S. The molecule has 3 N–H and O–H groups in total. The van der Waals surface area contributed by atoms with Gasteiger partial charge in [0, 0.05) is 41.0 Å². The summed E-state index contributed by atoms with van der Waals surface area (Å²) >= 11 is 1.72. The van der Waals surface area contributed by atoms with Crippen LogP contribution in [0.5, 0.6) is 0 Å². The van der Waals surface area contributed by atoms with E-state index in [0.717, 1.165) is 47.3 Å². The first-order chi connectivity index (χ1) is 20.8. The predicted molar refractivity (Wildman–Crippen MR) is 167 cm³/mol. The summed E-state index contributed by atoms with van der Waals surface area (Å²) in [6.07, 6.45) is 2.55. The second kappa shape index (κ2) is 11.9. The third-order valence-electron chi connectivity index (χ3n) is 8.30. The molecule has 0 unspecified atom stereocenters. The minimum Gasteiger partial charge on any atom is -0.377 e. The molecule has 0 saturated carbocycles. The van der Waals surface area contributed by atoms with E-state index < -0.39 is 12.3 Å². The average molecular weight is 603 g/mol. The highest BCUT2D eigenvalue weighted by molar-refractivity contribution is 7.96. The lowest BCUT2D eigenvalue weighted by atomic mass is 9.93. The molecule has 2 aliphatic heterocycles. The van der Waals surface area contributed by atoms with Crippen LogP contribution in [0.2, 0.25) is 0 Å². The lowest BCUT2D eigenvalue weighted by Gasteiger charge is -2.38. The molecule has 7 nitrogen and oxygen atoms in total. The zero-order valence-corrected chi connectivity index (χ0v) is 24.7. The van der Waals surface area contributed by atoms with Crippen LogP contribution in [-0.2, 0) is 4.74 Å². The molecule has 2 amide bonds. The number of nitrogens with zero attached hydrogens (tertiary/aromatic N) is 2. The van der Waals surface area contributed by atoms with Crippen LogP contribution < -0.4 is 10.6 Å². The fourth-order valence-corrected chi connectivity index (χ4v) is 6.32. The number of fused-ring (bicyclic) bond motifs is 1. The van der Waals surface area contributed by atoms with Crippen molar-refractivity contribution in [2.75, 3.05) is 37.5 Å². The van der Waals surface area contributed by atoms with Gasteiger partial charge in [-0.25, -0.2) is 13.1 Å². The van der Waals surface area contributed by atoms with Gasteiger partial charge in [0.25, 0.3) is 18.2 Å². The lowest BCUT2D eigenvalue weighted by Crippen LogP contribution is -2.52. The van der Waals surface area contributed by atoms with Crippen LogP contribution in [0.3, 0.4) is 0 Å². The molecule has 0 spiro atoms. The van der Waals surface area contributed by atoms with E-state index >= 15 is 0 Å². The Kier molecular flexibility index (Phi) is 8.09. The molecule has 6 rings (SSSR count). The van der Waals surface area contributed by atoms with E-state index in [4.69, 9.17) is 10.5 Å². The number of nitrogens with two attached hydrogens (primary N) is 1. The van der Waals surface area contributed by atoms with Crippen molar-refractivity contribution >= 4 is 45.9 Å². The van der Waals surface area contributed by atoms with E-state index in [2.05, 4.69) is 27.7 Å². The average Bonchev–Trinajstić information content (AvgIpc) is 3.44. The van der Waals surface area contributed by atoms with Crippen LogP contribution in [0.15, 0.2) is 66.7 Å². The Labute approximate surface area is 252 Å². The number of hydrogen-bond acceptors (Lipinski definition) is 5.